The molecule has 2 fully saturated rings. The number of hydrogen-bond acceptors (Lipinski definition) is 8. The molecule has 0 aliphatic heterocycles. The van der Waals surface area contributed by atoms with Crippen LogP contribution in [0, 0.1) is 17.8 Å². The van der Waals surface area contributed by atoms with Crippen molar-refractivity contribution in [3.8, 4) is 0 Å². The van der Waals surface area contributed by atoms with Crippen LogP contribution in [0.3, 0.4) is 0 Å². The first kappa shape index (κ1) is 33.5. The zero-order valence-corrected chi connectivity index (χ0v) is 25.2. The highest BCUT2D eigenvalue weighted by Crippen LogP contribution is 2.53. The Kier molecular flexibility index (Phi) is 13.1. The summed E-state index contributed by atoms with van der Waals surface area (Å²) in [6, 6.07) is 0. The lowest BCUT2D eigenvalue weighted by molar-refractivity contribution is -0.302. The van der Waals surface area contributed by atoms with Gasteiger partial charge in [-0.3, -0.25) is 0 Å². The fourth-order valence-electron chi connectivity index (χ4n) is 6.89. The largest absolute Gasteiger partial charge is 0.433 e. The Morgan fingerprint density at radius 1 is 0.795 bits per heavy atom. The number of hydrogen-bond donors (Lipinski definition) is 0. The van der Waals surface area contributed by atoms with Crippen LogP contribution in [-0.2, 0) is 38.0 Å². The molecular formula is C31H52O8. The molecule has 0 aromatic heterocycles. The predicted molar refractivity (Wildman–Crippen MR) is 150 cm³/mol. The van der Waals surface area contributed by atoms with Crippen LogP contribution in [0.25, 0.3) is 0 Å². The van der Waals surface area contributed by atoms with Crippen molar-refractivity contribution in [2.24, 2.45) is 17.8 Å². The third kappa shape index (κ3) is 8.15. The SMILES string of the molecule is C=CC(=O)OC(C)OC1CC(C)CCC1(OCC)C(CC)C1(OCC)CCC(C)CC1OC(C)OC(=O)C=C. The number of rotatable bonds is 15. The fraction of sp³-hybridized carbons (Fsp3) is 0.806. The van der Waals surface area contributed by atoms with Crippen LogP contribution in [0.5, 0.6) is 0 Å². The topological polar surface area (TPSA) is 89.5 Å². The van der Waals surface area contributed by atoms with Crippen molar-refractivity contribution in [2.45, 2.75) is 129 Å². The number of carbonyl (C=O) groups is 2. The van der Waals surface area contributed by atoms with Gasteiger partial charge in [-0.15, -0.1) is 0 Å². The van der Waals surface area contributed by atoms with E-state index in [1.807, 2.05) is 13.8 Å². The minimum atomic E-state index is -0.761. The van der Waals surface area contributed by atoms with E-state index in [2.05, 4.69) is 33.9 Å². The molecule has 2 aliphatic carbocycles. The van der Waals surface area contributed by atoms with Gasteiger partial charge >= 0.3 is 11.9 Å². The van der Waals surface area contributed by atoms with E-state index >= 15 is 0 Å². The van der Waals surface area contributed by atoms with Gasteiger partial charge in [-0.1, -0.05) is 33.9 Å². The smallest absolute Gasteiger partial charge is 0.332 e. The highest BCUT2D eigenvalue weighted by molar-refractivity contribution is 5.81. The molecule has 2 saturated carbocycles. The van der Waals surface area contributed by atoms with Crippen LogP contribution in [0.2, 0.25) is 0 Å². The van der Waals surface area contributed by atoms with Crippen LogP contribution in [0.4, 0.5) is 0 Å². The Hall–Kier alpha value is -1.74. The summed E-state index contributed by atoms with van der Waals surface area (Å²) in [5.74, 6) is -0.302. The van der Waals surface area contributed by atoms with Crippen molar-refractivity contribution in [1.82, 2.24) is 0 Å². The Balaban J connectivity index is 2.57. The van der Waals surface area contributed by atoms with Gasteiger partial charge in [-0.25, -0.2) is 9.59 Å². The van der Waals surface area contributed by atoms with E-state index in [0.29, 0.717) is 25.0 Å². The first-order valence-electron chi connectivity index (χ1n) is 14.8. The van der Waals surface area contributed by atoms with Gasteiger partial charge in [0.15, 0.2) is 0 Å². The minimum Gasteiger partial charge on any atom is -0.433 e. The average molecular weight is 553 g/mol. The summed E-state index contributed by atoms with van der Waals surface area (Å²) in [7, 11) is 0. The molecule has 0 spiro atoms. The van der Waals surface area contributed by atoms with E-state index in [-0.39, 0.29) is 18.1 Å². The second-order valence-electron chi connectivity index (χ2n) is 11.2. The van der Waals surface area contributed by atoms with Crippen molar-refractivity contribution in [2.75, 3.05) is 13.2 Å². The maximum absolute atomic E-state index is 11.9. The molecule has 8 heteroatoms. The minimum absolute atomic E-state index is 0.0930. The third-order valence-corrected chi connectivity index (χ3v) is 8.40. The van der Waals surface area contributed by atoms with Crippen molar-refractivity contribution in [3.05, 3.63) is 25.3 Å². The lowest BCUT2D eigenvalue weighted by Crippen LogP contribution is -2.67. The lowest BCUT2D eigenvalue weighted by Gasteiger charge is -2.59. The first-order valence-corrected chi connectivity index (χ1v) is 14.8. The molecule has 224 valence electrons. The quantitative estimate of drug-likeness (QED) is 0.136. The maximum atomic E-state index is 11.9. The van der Waals surface area contributed by atoms with Crippen LogP contribution < -0.4 is 0 Å². The van der Waals surface area contributed by atoms with E-state index in [9.17, 15) is 9.59 Å². The Bertz CT molecular complexity index is 750. The van der Waals surface area contributed by atoms with Crippen LogP contribution in [-0.4, -0.2) is 61.1 Å². The molecule has 2 rings (SSSR count). The summed E-state index contributed by atoms with van der Waals surface area (Å²) < 4.78 is 37.4. The molecule has 0 saturated heterocycles. The van der Waals surface area contributed by atoms with Gasteiger partial charge in [-0.05, 0) is 84.5 Å². The Labute approximate surface area is 235 Å². The third-order valence-electron chi connectivity index (χ3n) is 8.40. The van der Waals surface area contributed by atoms with E-state index in [1.54, 1.807) is 13.8 Å². The summed E-state index contributed by atoms with van der Waals surface area (Å²) in [5, 5.41) is 0. The number of esters is 2. The van der Waals surface area contributed by atoms with Crippen LogP contribution >= 0.6 is 0 Å². The van der Waals surface area contributed by atoms with Crippen LogP contribution in [0.1, 0.15) is 93.4 Å². The van der Waals surface area contributed by atoms with E-state index < -0.39 is 35.7 Å². The molecule has 8 unspecified atom stereocenters. The van der Waals surface area contributed by atoms with Crippen molar-refractivity contribution in [3.63, 3.8) is 0 Å². The molecule has 0 aromatic carbocycles. The van der Waals surface area contributed by atoms with Gasteiger partial charge < -0.3 is 28.4 Å². The molecule has 8 nitrogen and oxygen atoms in total. The molecule has 8 atom stereocenters. The Morgan fingerprint density at radius 2 is 1.18 bits per heavy atom. The summed E-state index contributed by atoms with van der Waals surface area (Å²) in [5.41, 5.74) is -1.38. The average Bonchev–Trinajstić information content (AvgIpc) is 2.88. The lowest BCUT2D eigenvalue weighted by atomic mass is 9.59. The highest BCUT2D eigenvalue weighted by atomic mass is 16.7. The summed E-state index contributed by atoms with van der Waals surface area (Å²) in [6.45, 7) is 22.1. The number of ether oxygens (including phenoxy) is 6. The molecule has 0 heterocycles. The van der Waals surface area contributed by atoms with E-state index in [1.165, 1.54) is 0 Å². The van der Waals surface area contributed by atoms with Gasteiger partial charge in [0.25, 0.3) is 0 Å². The molecular weight excluding hydrogens is 500 g/mol. The molecule has 2 aliphatic rings. The first-order chi connectivity index (χ1) is 18.5. The van der Waals surface area contributed by atoms with Gasteiger partial charge in [0, 0.05) is 31.3 Å². The van der Waals surface area contributed by atoms with Gasteiger partial charge in [0.05, 0.1) is 12.2 Å². The molecule has 0 radical (unpaired) electrons. The zero-order chi connectivity index (χ0) is 29.2. The Morgan fingerprint density at radius 3 is 1.49 bits per heavy atom. The highest BCUT2D eigenvalue weighted by Gasteiger charge is 2.61. The van der Waals surface area contributed by atoms with Crippen molar-refractivity contribution < 1.29 is 38.0 Å². The monoisotopic (exact) mass is 552 g/mol. The summed E-state index contributed by atoms with van der Waals surface area (Å²) >= 11 is 0. The molecule has 0 bridgehead atoms. The van der Waals surface area contributed by atoms with E-state index in [0.717, 1.165) is 57.1 Å². The van der Waals surface area contributed by atoms with Crippen molar-refractivity contribution >= 4 is 11.9 Å². The molecule has 39 heavy (non-hydrogen) atoms. The molecule has 0 aromatic rings. The predicted octanol–water partition coefficient (Wildman–Crippen LogP) is 6.12. The van der Waals surface area contributed by atoms with Gasteiger partial charge in [0.2, 0.25) is 12.6 Å². The standard InChI is InChI=1S/C31H52O8/c1-10-25(30(34-13-4)17-15-21(6)19-26(30)36-23(8)38-28(32)11-2)31(35-14-5)18-16-22(7)20-27(31)37-24(9)39-29(33)12-3/h11-12,21-27H,2-3,10,13-20H2,1,4-9H3. The second kappa shape index (κ2) is 15.3. The zero-order valence-electron chi connectivity index (χ0n) is 25.2. The second-order valence-corrected chi connectivity index (χ2v) is 11.2. The summed E-state index contributed by atoms with van der Waals surface area (Å²) in [4.78, 5) is 23.9. The van der Waals surface area contributed by atoms with Crippen LogP contribution in [0.15, 0.2) is 25.3 Å². The fourth-order valence-corrected chi connectivity index (χ4v) is 6.89. The number of carbonyl (C=O) groups excluding carboxylic acids is 2. The van der Waals surface area contributed by atoms with E-state index in [4.69, 9.17) is 28.4 Å². The maximum Gasteiger partial charge on any atom is 0.332 e. The normalized spacial score (nSPS) is 33.4. The molecule has 0 amide bonds. The van der Waals surface area contributed by atoms with Gasteiger partial charge in [0.1, 0.15) is 11.2 Å². The van der Waals surface area contributed by atoms with Gasteiger partial charge in [-0.2, -0.15) is 0 Å². The molecule has 0 N–H and O–H groups in total. The summed E-state index contributed by atoms with van der Waals surface area (Å²) in [6.07, 6.45) is 5.94. The van der Waals surface area contributed by atoms with Crippen molar-refractivity contribution in [1.29, 1.82) is 0 Å².